The number of methoxy groups -OCH3 is 1. The molecular weight excluding hydrogens is 222 g/mol. The molecule has 0 fully saturated rings. The Morgan fingerprint density at radius 3 is 2.65 bits per heavy atom. The van der Waals surface area contributed by atoms with Gasteiger partial charge in [-0.15, -0.1) is 0 Å². The van der Waals surface area contributed by atoms with Crippen molar-refractivity contribution >= 4 is 11.8 Å². The van der Waals surface area contributed by atoms with Gasteiger partial charge in [0.2, 0.25) is 5.88 Å². The summed E-state index contributed by atoms with van der Waals surface area (Å²) in [6.45, 7) is 5.51. The highest BCUT2D eigenvalue weighted by Gasteiger charge is 2.13. The number of nitrogens with zero attached hydrogens (tertiary/aromatic N) is 2. The van der Waals surface area contributed by atoms with Crippen molar-refractivity contribution in [2.45, 2.75) is 32.9 Å². The van der Waals surface area contributed by atoms with Gasteiger partial charge in [0.1, 0.15) is 18.2 Å². The lowest BCUT2D eigenvalue weighted by atomic mass is 10.3. The number of esters is 1. The molecule has 17 heavy (non-hydrogen) atoms. The fourth-order valence-electron chi connectivity index (χ4n) is 1.18. The topological polar surface area (TPSA) is 73.3 Å². The molecule has 0 saturated heterocycles. The van der Waals surface area contributed by atoms with Crippen LogP contribution in [0.1, 0.15) is 20.8 Å². The van der Waals surface area contributed by atoms with Crippen LogP contribution in [0, 0.1) is 0 Å². The lowest BCUT2D eigenvalue weighted by Crippen LogP contribution is -2.27. The monoisotopic (exact) mass is 239 g/mol. The van der Waals surface area contributed by atoms with Crippen LogP contribution in [0.2, 0.25) is 0 Å². The Balaban J connectivity index is 2.68. The van der Waals surface area contributed by atoms with E-state index >= 15 is 0 Å². The van der Waals surface area contributed by atoms with Crippen LogP contribution in [0.5, 0.6) is 5.88 Å². The minimum absolute atomic E-state index is 0.0378. The molecular formula is C11H17N3O3. The summed E-state index contributed by atoms with van der Waals surface area (Å²) in [5.74, 6) is 0.637. The highest BCUT2D eigenvalue weighted by molar-refractivity contribution is 5.78. The van der Waals surface area contributed by atoms with Crippen molar-refractivity contribution in [3.63, 3.8) is 0 Å². The summed E-state index contributed by atoms with van der Waals surface area (Å²) in [5, 5.41) is 2.90. The summed E-state index contributed by atoms with van der Waals surface area (Å²) in [4.78, 5) is 19.2. The molecule has 0 amide bonds. The number of rotatable bonds is 5. The van der Waals surface area contributed by atoms with Crippen LogP contribution in [0.15, 0.2) is 12.4 Å². The van der Waals surface area contributed by atoms with Gasteiger partial charge in [-0.3, -0.25) is 0 Å². The first-order chi connectivity index (χ1) is 8.02. The van der Waals surface area contributed by atoms with Gasteiger partial charge in [0.05, 0.1) is 13.2 Å². The van der Waals surface area contributed by atoms with Gasteiger partial charge in [-0.1, -0.05) is 0 Å². The van der Waals surface area contributed by atoms with E-state index in [-0.39, 0.29) is 12.1 Å². The first-order valence-corrected chi connectivity index (χ1v) is 5.36. The van der Waals surface area contributed by atoms with Gasteiger partial charge >= 0.3 is 5.97 Å². The predicted molar refractivity (Wildman–Crippen MR) is 62.9 cm³/mol. The Hall–Kier alpha value is -1.85. The minimum Gasteiger partial charge on any atom is -0.475 e. The first-order valence-electron chi connectivity index (χ1n) is 5.36. The molecule has 0 spiro atoms. The number of hydrogen-bond donors (Lipinski definition) is 1. The molecule has 1 aromatic heterocycles. The molecule has 6 nitrogen and oxygen atoms in total. The van der Waals surface area contributed by atoms with E-state index in [1.807, 2.05) is 13.8 Å². The molecule has 1 rings (SSSR count). The predicted octanol–water partition coefficient (Wildman–Crippen LogP) is 1.24. The Kier molecular flexibility index (Phi) is 4.68. The van der Waals surface area contributed by atoms with E-state index in [4.69, 9.17) is 4.74 Å². The largest absolute Gasteiger partial charge is 0.475 e. The molecule has 1 heterocycles. The summed E-state index contributed by atoms with van der Waals surface area (Å²) in [6, 6.07) is 1.17. The minimum atomic E-state index is -0.471. The zero-order chi connectivity index (χ0) is 12.8. The zero-order valence-corrected chi connectivity index (χ0v) is 10.4. The van der Waals surface area contributed by atoms with Crippen LogP contribution < -0.4 is 10.1 Å². The second kappa shape index (κ2) is 6.03. The Bertz CT molecular complexity index is 382. The molecule has 1 atom stereocenters. The fourth-order valence-corrected chi connectivity index (χ4v) is 1.18. The Labute approximate surface area is 100 Å². The maximum absolute atomic E-state index is 11.2. The molecule has 0 aliphatic rings. The van der Waals surface area contributed by atoms with Crippen LogP contribution in [-0.4, -0.2) is 35.2 Å². The SMILES string of the molecule is COC(=O)C(C)Nc1cc(OC(C)C)ncn1. The Morgan fingerprint density at radius 1 is 1.35 bits per heavy atom. The standard InChI is InChI=1S/C11H17N3O3/c1-7(2)17-10-5-9(12-6-13-10)14-8(3)11(15)16-4/h5-8H,1-4H3,(H,12,13,14). The number of carbonyl (C=O) groups is 1. The second-order valence-corrected chi connectivity index (χ2v) is 3.80. The molecule has 94 valence electrons. The summed E-state index contributed by atoms with van der Waals surface area (Å²) in [5.41, 5.74) is 0. The second-order valence-electron chi connectivity index (χ2n) is 3.80. The van der Waals surface area contributed by atoms with E-state index in [1.165, 1.54) is 13.4 Å². The molecule has 1 N–H and O–H groups in total. The van der Waals surface area contributed by atoms with Gasteiger partial charge in [-0.25, -0.2) is 14.8 Å². The van der Waals surface area contributed by atoms with E-state index in [1.54, 1.807) is 13.0 Å². The van der Waals surface area contributed by atoms with E-state index in [0.717, 1.165) is 0 Å². The lowest BCUT2D eigenvalue weighted by Gasteiger charge is -2.13. The van der Waals surface area contributed by atoms with E-state index < -0.39 is 6.04 Å². The molecule has 6 heteroatoms. The third-order valence-corrected chi connectivity index (χ3v) is 1.92. The third-order valence-electron chi connectivity index (χ3n) is 1.92. The molecule has 0 aliphatic carbocycles. The van der Waals surface area contributed by atoms with Gasteiger partial charge < -0.3 is 14.8 Å². The van der Waals surface area contributed by atoms with Crippen molar-refractivity contribution in [1.82, 2.24) is 9.97 Å². The lowest BCUT2D eigenvalue weighted by molar-refractivity contribution is -0.141. The van der Waals surface area contributed by atoms with Gasteiger partial charge in [-0.2, -0.15) is 0 Å². The number of anilines is 1. The molecule has 1 aromatic rings. The highest BCUT2D eigenvalue weighted by Crippen LogP contribution is 2.13. The molecule has 1 unspecified atom stereocenters. The van der Waals surface area contributed by atoms with Gasteiger partial charge in [0, 0.05) is 6.07 Å². The Morgan fingerprint density at radius 2 is 2.06 bits per heavy atom. The number of aromatic nitrogens is 2. The zero-order valence-electron chi connectivity index (χ0n) is 10.4. The van der Waals surface area contributed by atoms with Crippen molar-refractivity contribution in [3.05, 3.63) is 12.4 Å². The average Bonchev–Trinajstić information content (AvgIpc) is 2.27. The molecule has 0 bridgehead atoms. The van der Waals surface area contributed by atoms with E-state index in [0.29, 0.717) is 11.7 Å². The van der Waals surface area contributed by atoms with Crippen molar-refractivity contribution in [2.75, 3.05) is 12.4 Å². The van der Waals surface area contributed by atoms with E-state index in [9.17, 15) is 4.79 Å². The summed E-state index contributed by atoms with van der Waals surface area (Å²) >= 11 is 0. The van der Waals surface area contributed by atoms with Crippen LogP contribution >= 0.6 is 0 Å². The van der Waals surface area contributed by atoms with Gasteiger partial charge in [0.25, 0.3) is 0 Å². The van der Waals surface area contributed by atoms with Crippen LogP contribution in [-0.2, 0) is 9.53 Å². The van der Waals surface area contributed by atoms with Crippen LogP contribution in [0.4, 0.5) is 5.82 Å². The van der Waals surface area contributed by atoms with Gasteiger partial charge in [-0.05, 0) is 20.8 Å². The van der Waals surface area contributed by atoms with E-state index in [2.05, 4.69) is 20.0 Å². The quantitative estimate of drug-likeness (QED) is 0.779. The highest BCUT2D eigenvalue weighted by atomic mass is 16.5. The average molecular weight is 239 g/mol. The molecule has 0 aromatic carbocycles. The number of carbonyl (C=O) groups excluding carboxylic acids is 1. The molecule has 0 aliphatic heterocycles. The maximum Gasteiger partial charge on any atom is 0.328 e. The maximum atomic E-state index is 11.2. The molecule has 0 radical (unpaired) electrons. The van der Waals surface area contributed by atoms with Crippen LogP contribution in [0.25, 0.3) is 0 Å². The van der Waals surface area contributed by atoms with Gasteiger partial charge in [0.15, 0.2) is 0 Å². The van der Waals surface area contributed by atoms with Crippen molar-refractivity contribution in [1.29, 1.82) is 0 Å². The first kappa shape index (κ1) is 13.2. The van der Waals surface area contributed by atoms with Crippen LogP contribution in [0.3, 0.4) is 0 Å². The van der Waals surface area contributed by atoms with Crippen molar-refractivity contribution in [3.8, 4) is 5.88 Å². The summed E-state index contributed by atoms with van der Waals surface area (Å²) in [6.07, 6.45) is 1.42. The number of ether oxygens (including phenoxy) is 2. The van der Waals surface area contributed by atoms with Crippen molar-refractivity contribution in [2.24, 2.45) is 0 Å². The third kappa shape index (κ3) is 4.26. The summed E-state index contributed by atoms with van der Waals surface area (Å²) < 4.78 is 10.0. The molecule has 0 saturated carbocycles. The summed E-state index contributed by atoms with van der Waals surface area (Å²) in [7, 11) is 1.34. The number of hydrogen-bond acceptors (Lipinski definition) is 6. The van der Waals surface area contributed by atoms with Crippen molar-refractivity contribution < 1.29 is 14.3 Å². The normalized spacial score (nSPS) is 12.1. The fraction of sp³-hybridized carbons (Fsp3) is 0.545. The number of nitrogens with one attached hydrogen (secondary N) is 1. The smallest absolute Gasteiger partial charge is 0.328 e.